The zero-order chi connectivity index (χ0) is 25.4. The van der Waals surface area contributed by atoms with E-state index in [9.17, 15) is 21.6 Å². The third kappa shape index (κ3) is 4.95. The van der Waals surface area contributed by atoms with E-state index < -0.39 is 37.6 Å². The van der Waals surface area contributed by atoms with Crippen molar-refractivity contribution < 1.29 is 26.0 Å². The van der Waals surface area contributed by atoms with Gasteiger partial charge >= 0.3 is 0 Å². The normalized spacial score (nSPS) is 16.3. The topological polar surface area (TPSA) is 124 Å². The average Bonchev–Trinajstić information content (AvgIpc) is 3.17. The quantitative estimate of drug-likeness (QED) is 0.541. The molecule has 8 nitrogen and oxygen atoms in total. The van der Waals surface area contributed by atoms with E-state index in [-0.39, 0.29) is 34.0 Å². The van der Waals surface area contributed by atoms with E-state index in [4.69, 9.17) is 5.26 Å². The van der Waals surface area contributed by atoms with E-state index >= 15 is 4.39 Å². The van der Waals surface area contributed by atoms with Crippen molar-refractivity contribution in [1.29, 1.82) is 5.26 Å². The maximum Gasteiger partial charge on any atom is 0.245 e. The van der Waals surface area contributed by atoms with Crippen molar-refractivity contribution in [2.45, 2.75) is 22.3 Å². The molecule has 0 unspecified atom stereocenters. The van der Waals surface area contributed by atoms with Crippen LogP contribution >= 0.6 is 0 Å². The smallest absolute Gasteiger partial charge is 0.245 e. The number of anilines is 1. The van der Waals surface area contributed by atoms with Gasteiger partial charge in [-0.3, -0.25) is 4.79 Å². The van der Waals surface area contributed by atoms with Gasteiger partial charge in [0.2, 0.25) is 15.9 Å². The highest BCUT2D eigenvalue weighted by molar-refractivity contribution is 7.91. The second-order valence-corrected chi connectivity index (χ2v) is 11.7. The number of benzene rings is 3. The molecule has 0 radical (unpaired) electrons. The summed E-state index contributed by atoms with van der Waals surface area (Å²) in [5.41, 5.74) is 0.780. The van der Waals surface area contributed by atoms with E-state index in [1.54, 1.807) is 18.2 Å². The van der Waals surface area contributed by atoms with Crippen LogP contribution < -0.4 is 9.62 Å². The lowest BCUT2D eigenvalue weighted by Gasteiger charge is -2.19. The number of carbonyl (C=O) groups excluding carboxylic acids is 1. The Hall–Kier alpha value is -3.59. The summed E-state index contributed by atoms with van der Waals surface area (Å²) in [5.74, 6) is -1.36. The fourth-order valence-electron chi connectivity index (χ4n) is 3.94. The van der Waals surface area contributed by atoms with Gasteiger partial charge in [0.1, 0.15) is 11.9 Å². The predicted octanol–water partition coefficient (Wildman–Crippen LogP) is 2.85. The van der Waals surface area contributed by atoms with Crippen molar-refractivity contribution in [3.05, 3.63) is 78.1 Å². The van der Waals surface area contributed by atoms with E-state index in [0.717, 1.165) is 17.2 Å². The number of halogens is 1. The minimum atomic E-state index is -4.09. The molecule has 0 aromatic heterocycles. The minimum absolute atomic E-state index is 0.0382. The van der Waals surface area contributed by atoms with Gasteiger partial charge in [0.15, 0.2) is 9.84 Å². The van der Waals surface area contributed by atoms with Crippen LogP contribution in [0, 0.1) is 17.1 Å². The molecule has 1 fully saturated rings. The molecule has 1 aliphatic heterocycles. The molecular formula is C24H20FN3O5S2. The fraction of sp³-hybridized carbons (Fsp3) is 0.167. The molecule has 1 N–H and O–H groups in total. The zero-order valence-corrected chi connectivity index (χ0v) is 20.1. The average molecular weight is 514 g/mol. The lowest BCUT2D eigenvalue weighted by atomic mass is 10.0. The summed E-state index contributed by atoms with van der Waals surface area (Å²) in [4.78, 5) is 14.0. The van der Waals surface area contributed by atoms with Gasteiger partial charge in [0, 0.05) is 18.4 Å². The molecular weight excluding hydrogens is 493 g/mol. The van der Waals surface area contributed by atoms with Crippen LogP contribution in [-0.4, -0.2) is 41.6 Å². The van der Waals surface area contributed by atoms with Gasteiger partial charge in [-0.1, -0.05) is 30.3 Å². The van der Waals surface area contributed by atoms with Crippen molar-refractivity contribution in [3.8, 4) is 17.2 Å². The Morgan fingerprint density at radius 3 is 2.46 bits per heavy atom. The molecule has 0 aliphatic carbocycles. The minimum Gasteiger partial charge on any atom is -0.308 e. The SMILES string of the molecule is CS(=O)(=O)c1ccccc1-c1ccc(N2CC[C@H](NS(=O)(=O)c3cccc(C#N)c3)C2=O)c(F)c1. The second kappa shape index (κ2) is 9.22. The number of hydrogen-bond acceptors (Lipinski definition) is 6. The van der Waals surface area contributed by atoms with Gasteiger partial charge in [0.05, 0.1) is 27.1 Å². The standard InChI is InChI=1S/C24H20FN3O5S2/c1-34(30,31)23-8-3-2-7-19(23)17-9-10-22(20(25)14-17)28-12-11-21(24(28)29)27-35(32,33)18-6-4-5-16(13-18)15-26/h2-10,13-14,21,27H,11-12H2,1H3/t21-/m0/s1. The van der Waals surface area contributed by atoms with Crippen LogP contribution in [-0.2, 0) is 24.7 Å². The molecule has 11 heteroatoms. The Morgan fingerprint density at radius 1 is 1.03 bits per heavy atom. The Kier molecular flexibility index (Phi) is 6.46. The first-order valence-corrected chi connectivity index (χ1v) is 13.8. The van der Waals surface area contributed by atoms with Crippen molar-refractivity contribution >= 4 is 31.5 Å². The molecule has 35 heavy (non-hydrogen) atoms. The van der Waals surface area contributed by atoms with Gasteiger partial charge in [0.25, 0.3) is 0 Å². The first-order valence-electron chi connectivity index (χ1n) is 10.4. The third-order valence-electron chi connectivity index (χ3n) is 5.61. The lowest BCUT2D eigenvalue weighted by molar-refractivity contribution is -0.118. The van der Waals surface area contributed by atoms with E-state index in [2.05, 4.69) is 4.72 Å². The summed E-state index contributed by atoms with van der Waals surface area (Å²) in [6, 6.07) is 16.4. The number of sulfone groups is 1. The van der Waals surface area contributed by atoms with Gasteiger partial charge in [-0.15, -0.1) is 0 Å². The molecule has 0 bridgehead atoms. The fourth-order valence-corrected chi connectivity index (χ4v) is 6.12. The van der Waals surface area contributed by atoms with Crippen LogP contribution in [0.15, 0.2) is 76.5 Å². The Bertz CT molecular complexity index is 1580. The third-order valence-corrected chi connectivity index (χ3v) is 8.24. The number of nitriles is 1. The zero-order valence-electron chi connectivity index (χ0n) is 18.5. The van der Waals surface area contributed by atoms with Crippen LogP contribution in [0.2, 0.25) is 0 Å². The molecule has 1 saturated heterocycles. The monoisotopic (exact) mass is 513 g/mol. The second-order valence-electron chi connectivity index (χ2n) is 8.03. The van der Waals surface area contributed by atoms with Gasteiger partial charge in [-0.05, 0) is 48.4 Å². The summed E-state index contributed by atoms with van der Waals surface area (Å²) in [5, 5.41) is 9.00. The number of amides is 1. The maximum atomic E-state index is 15.1. The number of nitrogens with zero attached hydrogens (tertiary/aromatic N) is 2. The summed E-state index contributed by atoms with van der Waals surface area (Å²) < 4.78 is 67.1. The van der Waals surface area contributed by atoms with Crippen LogP contribution in [0.25, 0.3) is 11.1 Å². The molecule has 4 rings (SSSR count). The van der Waals surface area contributed by atoms with E-state index in [1.165, 1.54) is 42.5 Å². The lowest BCUT2D eigenvalue weighted by Crippen LogP contribution is -2.41. The highest BCUT2D eigenvalue weighted by Crippen LogP contribution is 2.32. The van der Waals surface area contributed by atoms with Gasteiger partial charge in [-0.25, -0.2) is 21.2 Å². The van der Waals surface area contributed by atoms with E-state index in [0.29, 0.717) is 11.1 Å². The van der Waals surface area contributed by atoms with Gasteiger partial charge < -0.3 is 4.90 Å². The van der Waals surface area contributed by atoms with Crippen molar-refractivity contribution in [2.75, 3.05) is 17.7 Å². The first-order chi connectivity index (χ1) is 16.5. The molecule has 1 heterocycles. The molecule has 1 amide bonds. The molecule has 0 saturated carbocycles. The summed E-state index contributed by atoms with van der Waals surface area (Å²) in [6.45, 7) is 0.0838. The van der Waals surface area contributed by atoms with Crippen LogP contribution in [0.3, 0.4) is 0 Å². The molecule has 1 aliphatic rings. The maximum absolute atomic E-state index is 15.1. The number of rotatable bonds is 6. The van der Waals surface area contributed by atoms with Crippen molar-refractivity contribution in [2.24, 2.45) is 0 Å². The number of carbonyl (C=O) groups is 1. The largest absolute Gasteiger partial charge is 0.308 e. The summed E-state index contributed by atoms with van der Waals surface area (Å²) >= 11 is 0. The number of sulfonamides is 1. The first kappa shape index (κ1) is 24.5. The molecule has 0 spiro atoms. The van der Waals surface area contributed by atoms with Crippen LogP contribution in [0.5, 0.6) is 0 Å². The Morgan fingerprint density at radius 2 is 1.77 bits per heavy atom. The Labute approximate surface area is 202 Å². The van der Waals surface area contributed by atoms with Crippen LogP contribution in [0.4, 0.5) is 10.1 Å². The van der Waals surface area contributed by atoms with Gasteiger partial charge in [-0.2, -0.15) is 9.98 Å². The highest BCUT2D eigenvalue weighted by Gasteiger charge is 2.37. The highest BCUT2D eigenvalue weighted by atomic mass is 32.2. The van der Waals surface area contributed by atoms with Crippen molar-refractivity contribution in [3.63, 3.8) is 0 Å². The molecule has 3 aromatic carbocycles. The molecule has 1 atom stereocenters. The molecule has 3 aromatic rings. The summed E-state index contributed by atoms with van der Waals surface area (Å²) in [7, 11) is -7.64. The van der Waals surface area contributed by atoms with Crippen LogP contribution in [0.1, 0.15) is 12.0 Å². The number of hydrogen-bond donors (Lipinski definition) is 1. The summed E-state index contributed by atoms with van der Waals surface area (Å²) in [6.07, 6.45) is 1.19. The predicted molar refractivity (Wildman–Crippen MR) is 127 cm³/mol. The number of nitrogens with one attached hydrogen (secondary N) is 1. The molecule has 180 valence electrons. The van der Waals surface area contributed by atoms with E-state index in [1.807, 2.05) is 6.07 Å². The Balaban J connectivity index is 1.58. The van der Waals surface area contributed by atoms with Crippen molar-refractivity contribution in [1.82, 2.24) is 4.72 Å².